The molecule has 27 heavy (non-hydrogen) atoms. The molecule has 4 nitrogen and oxygen atoms in total. The van der Waals surface area contributed by atoms with E-state index in [1.807, 2.05) is 24.3 Å². The van der Waals surface area contributed by atoms with Crippen LogP contribution in [0.3, 0.4) is 0 Å². The minimum absolute atomic E-state index is 0.353. The van der Waals surface area contributed by atoms with E-state index in [-0.39, 0.29) is 0 Å². The highest BCUT2D eigenvalue weighted by atomic mass is 16.4. The Morgan fingerprint density at radius 1 is 1.30 bits per heavy atom. The second-order valence-corrected chi connectivity index (χ2v) is 7.35. The molecule has 1 heterocycles. The molecule has 1 N–H and O–H groups in total. The van der Waals surface area contributed by atoms with E-state index in [1.165, 1.54) is 11.3 Å². The van der Waals surface area contributed by atoms with E-state index in [2.05, 4.69) is 23.6 Å². The third-order valence-electron chi connectivity index (χ3n) is 5.79. The molecule has 0 saturated heterocycles. The Labute approximate surface area is 158 Å². The summed E-state index contributed by atoms with van der Waals surface area (Å²) < 4.78 is 2.18. The van der Waals surface area contributed by atoms with Crippen molar-refractivity contribution in [3.8, 4) is 6.07 Å². The zero-order valence-corrected chi connectivity index (χ0v) is 15.4. The Bertz CT molecular complexity index is 1070. The maximum Gasteiger partial charge on any atom is 0.337 e. The van der Waals surface area contributed by atoms with Crippen molar-refractivity contribution in [3.05, 3.63) is 70.4 Å². The number of rotatable bonds is 4. The molecule has 4 heteroatoms. The van der Waals surface area contributed by atoms with Gasteiger partial charge in [0.2, 0.25) is 0 Å². The second kappa shape index (κ2) is 6.92. The Hall–Kier alpha value is -3.06. The van der Waals surface area contributed by atoms with Crippen LogP contribution in [0.1, 0.15) is 52.5 Å². The van der Waals surface area contributed by atoms with Gasteiger partial charge >= 0.3 is 5.97 Å². The SMILES string of the molecule is CCC1CCc2c(c3cccc(C(=O)O)c3n2Cc2cccc(C#N)c2)C1. The number of benzene rings is 2. The summed E-state index contributed by atoms with van der Waals surface area (Å²) in [5.41, 5.74) is 5.38. The second-order valence-electron chi connectivity index (χ2n) is 7.35. The first-order valence-electron chi connectivity index (χ1n) is 9.47. The van der Waals surface area contributed by atoms with Gasteiger partial charge in [-0.1, -0.05) is 37.6 Å². The Morgan fingerprint density at radius 2 is 2.11 bits per heavy atom. The molecule has 1 aliphatic carbocycles. The fraction of sp³-hybridized carbons (Fsp3) is 0.304. The van der Waals surface area contributed by atoms with E-state index in [0.29, 0.717) is 23.6 Å². The predicted molar refractivity (Wildman–Crippen MR) is 105 cm³/mol. The van der Waals surface area contributed by atoms with Crippen LogP contribution >= 0.6 is 0 Å². The number of nitriles is 1. The Morgan fingerprint density at radius 3 is 2.85 bits per heavy atom. The summed E-state index contributed by atoms with van der Waals surface area (Å²) in [5, 5.41) is 20.0. The number of hydrogen-bond donors (Lipinski definition) is 1. The van der Waals surface area contributed by atoms with Crippen LogP contribution in [0.15, 0.2) is 42.5 Å². The lowest BCUT2D eigenvalue weighted by atomic mass is 9.85. The highest BCUT2D eigenvalue weighted by molar-refractivity contribution is 6.04. The number of fused-ring (bicyclic) bond motifs is 3. The van der Waals surface area contributed by atoms with Gasteiger partial charge < -0.3 is 9.67 Å². The molecule has 0 amide bonds. The van der Waals surface area contributed by atoms with Crippen molar-refractivity contribution in [1.29, 1.82) is 5.26 Å². The molecule has 1 aliphatic rings. The number of carbonyl (C=O) groups is 1. The molecule has 0 aliphatic heterocycles. The molecular weight excluding hydrogens is 336 g/mol. The molecular formula is C23H22N2O2. The predicted octanol–water partition coefficient (Wildman–Crippen LogP) is 4.77. The van der Waals surface area contributed by atoms with Crippen LogP contribution in [0, 0.1) is 17.2 Å². The molecule has 0 bridgehead atoms. The minimum Gasteiger partial charge on any atom is -0.478 e. The average Bonchev–Trinajstić information content (AvgIpc) is 3.01. The molecule has 0 saturated carbocycles. The number of nitrogens with zero attached hydrogens (tertiary/aromatic N) is 2. The number of carboxylic acid groups (broad SMARTS) is 1. The van der Waals surface area contributed by atoms with E-state index in [9.17, 15) is 15.2 Å². The lowest BCUT2D eigenvalue weighted by Gasteiger charge is -2.23. The maximum absolute atomic E-state index is 11.9. The third kappa shape index (κ3) is 3.00. The summed E-state index contributed by atoms with van der Waals surface area (Å²) in [6.45, 7) is 2.81. The van der Waals surface area contributed by atoms with E-state index in [1.54, 1.807) is 12.1 Å². The van der Waals surface area contributed by atoms with E-state index in [4.69, 9.17) is 0 Å². The van der Waals surface area contributed by atoms with Crippen molar-refractivity contribution in [2.75, 3.05) is 0 Å². The van der Waals surface area contributed by atoms with Gasteiger partial charge in [0.1, 0.15) is 0 Å². The minimum atomic E-state index is -0.894. The normalized spacial score (nSPS) is 16.1. The smallest absolute Gasteiger partial charge is 0.337 e. The van der Waals surface area contributed by atoms with Gasteiger partial charge in [-0.25, -0.2) is 4.79 Å². The van der Waals surface area contributed by atoms with Crippen molar-refractivity contribution in [1.82, 2.24) is 4.57 Å². The quantitative estimate of drug-likeness (QED) is 0.730. The van der Waals surface area contributed by atoms with Gasteiger partial charge in [-0.3, -0.25) is 0 Å². The molecule has 0 spiro atoms. The summed E-state index contributed by atoms with van der Waals surface area (Å²) in [6, 6.07) is 15.3. The molecule has 0 radical (unpaired) electrons. The summed E-state index contributed by atoms with van der Waals surface area (Å²) in [5.74, 6) is -0.235. The third-order valence-corrected chi connectivity index (χ3v) is 5.79. The maximum atomic E-state index is 11.9. The number of hydrogen-bond acceptors (Lipinski definition) is 2. The number of carboxylic acids is 1. The molecule has 2 aromatic carbocycles. The summed E-state index contributed by atoms with van der Waals surface area (Å²) in [6.07, 6.45) is 4.27. The number of aromatic nitrogens is 1. The fourth-order valence-electron chi connectivity index (χ4n) is 4.39. The highest BCUT2D eigenvalue weighted by Gasteiger charge is 2.27. The van der Waals surface area contributed by atoms with Crippen LogP contribution in [-0.2, 0) is 19.4 Å². The topological polar surface area (TPSA) is 66.0 Å². The molecule has 136 valence electrons. The molecule has 1 unspecified atom stereocenters. The van der Waals surface area contributed by atoms with Crippen molar-refractivity contribution < 1.29 is 9.90 Å². The zero-order chi connectivity index (χ0) is 19.0. The van der Waals surface area contributed by atoms with Gasteiger partial charge in [0.05, 0.1) is 22.7 Å². The highest BCUT2D eigenvalue weighted by Crippen LogP contribution is 2.37. The molecule has 1 aromatic heterocycles. The van der Waals surface area contributed by atoms with Gasteiger partial charge in [0.15, 0.2) is 0 Å². The van der Waals surface area contributed by atoms with Crippen molar-refractivity contribution in [2.45, 2.75) is 39.2 Å². The van der Waals surface area contributed by atoms with Crippen molar-refractivity contribution in [2.24, 2.45) is 5.92 Å². The first-order valence-corrected chi connectivity index (χ1v) is 9.47. The van der Waals surface area contributed by atoms with Gasteiger partial charge in [-0.05, 0) is 54.5 Å². The van der Waals surface area contributed by atoms with Crippen LogP contribution < -0.4 is 0 Å². The first kappa shape index (κ1) is 17.4. The molecule has 1 atom stereocenters. The van der Waals surface area contributed by atoms with Crippen LogP contribution in [-0.4, -0.2) is 15.6 Å². The summed E-state index contributed by atoms with van der Waals surface area (Å²) >= 11 is 0. The fourth-order valence-corrected chi connectivity index (χ4v) is 4.39. The Kier molecular flexibility index (Phi) is 4.45. The standard InChI is InChI=1S/C23H22N2O2/c1-2-15-9-10-21-20(12-15)18-7-4-8-19(23(26)27)22(18)25(21)14-17-6-3-5-16(11-17)13-24/h3-8,11,15H,2,9-10,12,14H2,1H3,(H,26,27). The van der Waals surface area contributed by atoms with E-state index < -0.39 is 5.97 Å². The van der Waals surface area contributed by atoms with Crippen LogP contribution in [0.25, 0.3) is 10.9 Å². The largest absolute Gasteiger partial charge is 0.478 e. The lowest BCUT2D eigenvalue weighted by molar-refractivity contribution is 0.0698. The summed E-state index contributed by atoms with van der Waals surface area (Å²) in [7, 11) is 0. The first-order chi connectivity index (χ1) is 13.1. The van der Waals surface area contributed by atoms with Crippen LogP contribution in [0.4, 0.5) is 0 Å². The zero-order valence-electron chi connectivity index (χ0n) is 15.4. The van der Waals surface area contributed by atoms with Gasteiger partial charge in [-0.2, -0.15) is 5.26 Å². The average molecular weight is 358 g/mol. The molecule has 4 rings (SSSR count). The van der Waals surface area contributed by atoms with Crippen molar-refractivity contribution in [3.63, 3.8) is 0 Å². The number of para-hydroxylation sites is 1. The van der Waals surface area contributed by atoms with Crippen LogP contribution in [0.5, 0.6) is 0 Å². The molecule has 0 fully saturated rings. The van der Waals surface area contributed by atoms with E-state index >= 15 is 0 Å². The Balaban J connectivity index is 1.93. The van der Waals surface area contributed by atoms with Crippen LogP contribution in [0.2, 0.25) is 0 Å². The number of aromatic carboxylic acids is 1. The lowest BCUT2D eigenvalue weighted by Crippen LogP contribution is -2.16. The van der Waals surface area contributed by atoms with Gasteiger partial charge in [0, 0.05) is 17.6 Å². The van der Waals surface area contributed by atoms with E-state index in [0.717, 1.165) is 42.1 Å². The molecule has 3 aromatic rings. The van der Waals surface area contributed by atoms with Gasteiger partial charge in [-0.15, -0.1) is 0 Å². The van der Waals surface area contributed by atoms with Gasteiger partial charge in [0.25, 0.3) is 0 Å². The summed E-state index contributed by atoms with van der Waals surface area (Å²) in [4.78, 5) is 11.9. The van der Waals surface area contributed by atoms with Crippen molar-refractivity contribution >= 4 is 16.9 Å². The monoisotopic (exact) mass is 358 g/mol.